The van der Waals surface area contributed by atoms with Crippen LogP contribution in [0.5, 0.6) is 5.75 Å². The smallest absolute Gasteiger partial charge is 0.251 e. The summed E-state index contributed by atoms with van der Waals surface area (Å²) in [5.41, 5.74) is 4.71. The monoisotopic (exact) mass is 323 g/mol. The van der Waals surface area contributed by atoms with E-state index in [4.69, 9.17) is 4.74 Å². The Labute approximate surface area is 144 Å². The molecule has 24 heavy (non-hydrogen) atoms. The zero-order valence-electron chi connectivity index (χ0n) is 14.5. The van der Waals surface area contributed by atoms with Gasteiger partial charge in [-0.25, -0.2) is 0 Å². The Morgan fingerprint density at radius 2 is 1.92 bits per heavy atom. The number of ether oxygens (including phenoxy) is 1. The van der Waals surface area contributed by atoms with Crippen molar-refractivity contribution in [2.45, 2.75) is 45.6 Å². The molecule has 0 spiro atoms. The normalized spacial score (nSPS) is 14.6. The van der Waals surface area contributed by atoms with Gasteiger partial charge in [-0.1, -0.05) is 24.3 Å². The zero-order chi connectivity index (χ0) is 16.9. The van der Waals surface area contributed by atoms with Crippen molar-refractivity contribution in [3.8, 4) is 5.75 Å². The van der Waals surface area contributed by atoms with Crippen molar-refractivity contribution >= 4 is 5.91 Å². The highest BCUT2D eigenvalue weighted by Crippen LogP contribution is 2.25. The summed E-state index contributed by atoms with van der Waals surface area (Å²) in [6, 6.07) is 13.9. The molecule has 1 aliphatic carbocycles. The van der Waals surface area contributed by atoms with E-state index in [0.717, 1.165) is 12.2 Å². The maximum absolute atomic E-state index is 12.5. The van der Waals surface area contributed by atoms with Gasteiger partial charge in [-0.15, -0.1) is 0 Å². The van der Waals surface area contributed by atoms with E-state index >= 15 is 0 Å². The van der Waals surface area contributed by atoms with Crippen LogP contribution in [0, 0.1) is 0 Å². The van der Waals surface area contributed by atoms with Crippen molar-refractivity contribution < 1.29 is 9.53 Å². The quantitative estimate of drug-likeness (QED) is 0.882. The van der Waals surface area contributed by atoms with Crippen molar-refractivity contribution in [3.63, 3.8) is 0 Å². The van der Waals surface area contributed by atoms with Crippen LogP contribution in [0.3, 0.4) is 0 Å². The van der Waals surface area contributed by atoms with Crippen LogP contribution in [0.15, 0.2) is 42.5 Å². The SMILES string of the molecule is CCOc1cccc(C(=O)N[C@@H](C)c2ccc3c(c2)CCCC3)c1. The average Bonchev–Trinajstić information content (AvgIpc) is 2.61. The lowest BCUT2D eigenvalue weighted by Crippen LogP contribution is -2.26. The molecule has 1 amide bonds. The minimum atomic E-state index is -0.0678. The van der Waals surface area contributed by atoms with Gasteiger partial charge in [0.25, 0.3) is 5.91 Å². The number of rotatable bonds is 5. The highest BCUT2D eigenvalue weighted by Gasteiger charge is 2.15. The molecule has 1 atom stereocenters. The summed E-state index contributed by atoms with van der Waals surface area (Å²) in [5.74, 6) is 0.661. The molecule has 0 aliphatic heterocycles. The standard InChI is InChI=1S/C21H25NO2/c1-3-24-20-10-6-9-19(14-20)21(23)22-15(2)17-12-11-16-7-4-5-8-18(16)13-17/h6,9-15H,3-5,7-8H2,1-2H3,(H,22,23)/t15-/m0/s1. The lowest BCUT2D eigenvalue weighted by atomic mass is 9.89. The number of fused-ring (bicyclic) bond motifs is 1. The molecule has 0 unspecified atom stereocenters. The van der Waals surface area contributed by atoms with E-state index in [1.165, 1.54) is 36.0 Å². The van der Waals surface area contributed by atoms with Crippen molar-refractivity contribution in [2.24, 2.45) is 0 Å². The predicted molar refractivity (Wildman–Crippen MR) is 96.6 cm³/mol. The average molecular weight is 323 g/mol. The zero-order valence-corrected chi connectivity index (χ0v) is 14.5. The van der Waals surface area contributed by atoms with Crippen molar-refractivity contribution in [1.29, 1.82) is 0 Å². The molecule has 1 N–H and O–H groups in total. The minimum absolute atomic E-state index is 0.0134. The molecule has 0 aromatic heterocycles. The summed E-state index contributed by atoms with van der Waals surface area (Å²) in [7, 11) is 0. The molecule has 0 heterocycles. The Hall–Kier alpha value is -2.29. The van der Waals surface area contributed by atoms with Crippen LogP contribution >= 0.6 is 0 Å². The first-order valence-corrected chi connectivity index (χ1v) is 8.83. The predicted octanol–water partition coefficient (Wildman–Crippen LogP) is 4.46. The number of carbonyl (C=O) groups excluding carboxylic acids is 1. The molecular formula is C21H25NO2. The Kier molecular flexibility index (Phi) is 5.19. The lowest BCUT2D eigenvalue weighted by Gasteiger charge is -2.20. The fourth-order valence-corrected chi connectivity index (χ4v) is 3.28. The van der Waals surface area contributed by atoms with Crippen LogP contribution < -0.4 is 10.1 Å². The molecule has 0 bridgehead atoms. The summed E-state index contributed by atoms with van der Waals surface area (Å²) in [4.78, 5) is 12.5. The maximum atomic E-state index is 12.5. The van der Waals surface area contributed by atoms with Gasteiger partial charge in [0.1, 0.15) is 5.75 Å². The van der Waals surface area contributed by atoms with Gasteiger partial charge < -0.3 is 10.1 Å². The largest absolute Gasteiger partial charge is 0.494 e. The molecule has 1 aliphatic rings. The van der Waals surface area contributed by atoms with E-state index in [1.54, 1.807) is 6.07 Å². The second-order valence-corrected chi connectivity index (χ2v) is 6.39. The minimum Gasteiger partial charge on any atom is -0.494 e. The molecule has 0 saturated heterocycles. The van der Waals surface area contributed by atoms with Gasteiger partial charge in [-0.3, -0.25) is 4.79 Å². The summed E-state index contributed by atoms with van der Waals surface area (Å²) in [6.45, 7) is 4.57. The highest BCUT2D eigenvalue weighted by molar-refractivity contribution is 5.94. The van der Waals surface area contributed by atoms with E-state index in [-0.39, 0.29) is 11.9 Å². The molecule has 3 nitrogen and oxygen atoms in total. The number of amides is 1. The lowest BCUT2D eigenvalue weighted by molar-refractivity contribution is 0.0939. The number of nitrogens with one attached hydrogen (secondary N) is 1. The molecule has 2 aromatic carbocycles. The van der Waals surface area contributed by atoms with Crippen LogP contribution in [0.2, 0.25) is 0 Å². The third-order valence-corrected chi connectivity index (χ3v) is 4.63. The first kappa shape index (κ1) is 16.6. The van der Waals surface area contributed by atoms with Crippen LogP contribution in [0.1, 0.15) is 59.8 Å². The second-order valence-electron chi connectivity index (χ2n) is 6.39. The van der Waals surface area contributed by atoms with Crippen LogP contribution in [-0.4, -0.2) is 12.5 Å². The number of carbonyl (C=O) groups is 1. The topological polar surface area (TPSA) is 38.3 Å². The molecule has 2 aromatic rings. The maximum Gasteiger partial charge on any atom is 0.251 e. The molecule has 3 heteroatoms. The van der Waals surface area contributed by atoms with Gasteiger partial charge >= 0.3 is 0 Å². The van der Waals surface area contributed by atoms with E-state index < -0.39 is 0 Å². The Morgan fingerprint density at radius 1 is 1.12 bits per heavy atom. The second kappa shape index (κ2) is 7.52. The van der Waals surface area contributed by atoms with E-state index in [0.29, 0.717) is 12.2 Å². The van der Waals surface area contributed by atoms with Gasteiger partial charge in [0.2, 0.25) is 0 Å². The molecule has 0 saturated carbocycles. The van der Waals surface area contributed by atoms with Crippen LogP contribution in [0.25, 0.3) is 0 Å². The molecule has 0 fully saturated rings. The first-order valence-electron chi connectivity index (χ1n) is 8.83. The summed E-state index contributed by atoms with van der Waals surface area (Å²) in [6.07, 6.45) is 4.89. The Morgan fingerprint density at radius 3 is 2.71 bits per heavy atom. The van der Waals surface area contributed by atoms with Crippen LogP contribution in [0.4, 0.5) is 0 Å². The van der Waals surface area contributed by atoms with Gasteiger partial charge in [-0.2, -0.15) is 0 Å². The Bertz CT molecular complexity index is 724. The number of hydrogen-bond donors (Lipinski definition) is 1. The van der Waals surface area contributed by atoms with Crippen molar-refractivity contribution in [1.82, 2.24) is 5.32 Å². The number of hydrogen-bond acceptors (Lipinski definition) is 2. The summed E-state index contributed by atoms with van der Waals surface area (Å²) in [5, 5.41) is 3.09. The van der Waals surface area contributed by atoms with Crippen molar-refractivity contribution in [2.75, 3.05) is 6.61 Å². The van der Waals surface area contributed by atoms with Gasteiger partial charge in [0.05, 0.1) is 12.6 Å². The number of benzene rings is 2. The first-order chi connectivity index (χ1) is 11.7. The third-order valence-electron chi connectivity index (χ3n) is 4.63. The summed E-state index contributed by atoms with van der Waals surface area (Å²) >= 11 is 0. The van der Waals surface area contributed by atoms with E-state index in [9.17, 15) is 4.79 Å². The van der Waals surface area contributed by atoms with Gasteiger partial charge in [0, 0.05) is 5.56 Å². The third kappa shape index (κ3) is 3.78. The van der Waals surface area contributed by atoms with E-state index in [1.807, 2.05) is 32.0 Å². The van der Waals surface area contributed by atoms with Gasteiger partial charge in [0.15, 0.2) is 0 Å². The summed E-state index contributed by atoms with van der Waals surface area (Å²) < 4.78 is 5.47. The van der Waals surface area contributed by atoms with Gasteiger partial charge in [-0.05, 0) is 74.4 Å². The fraction of sp³-hybridized carbons (Fsp3) is 0.381. The fourth-order valence-electron chi connectivity index (χ4n) is 3.28. The van der Waals surface area contributed by atoms with Crippen molar-refractivity contribution in [3.05, 3.63) is 64.7 Å². The van der Waals surface area contributed by atoms with E-state index in [2.05, 4.69) is 23.5 Å². The molecular weight excluding hydrogens is 298 g/mol. The molecule has 3 rings (SSSR count). The van der Waals surface area contributed by atoms with Crippen LogP contribution in [-0.2, 0) is 12.8 Å². The molecule has 0 radical (unpaired) electrons. The molecule has 126 valence electrons. The Balaban J connectivity index is 1.71. The highest BCUT2D eigenvalue weighted by atomic mass is 16.5. The number of aryl methyl sites for hydroxylation is 2.